The third-order valence-electron chi connectivity index (χ3n) is 2.75. The predicted octanol–water partition coefficient (Wildman–Crippen LogP) is 1.02. The zero-order chi connectivity index (χ0) is 10.8. The van der Waals surface area contributed by atoms with Crippen molar-refractivity contribution in [2.45, 2.75) is 19.9 Å². The summed E-state index contributed by atoms with van der Waals surface area (Å²) in [5.41, 5.74) is 0.684. The van der Waals surface area contributed by atoms with Crippen molar-refractivity contribution in [2.75, 3.05) is 19.6 Å². The van der Waals surface area contributed by atoms with Gasteiger partial charge in [0.05, 0.1) is 11.8 Å². The van der Waals surface area contributed by atoms with Crippen molar-refractivity contribution in [2.24, 2.45) is 0 Å². The molecular weight excluding hydrogens is 192 g/mol. The van der Waals surface area contributed by atoms with E-state index in [1.165, 1.54) is 0 Å². The van der Waals surface area contributed by atoms with Crippen LogP contribution >= 0.6 is 0 Å². The molecule has 0 spiro atoms. The van der Waals surface area contributed by atoms with E-state index in [-0.39, 0.29) is 5.91 Å². The van der Waals surface area contributed by atoms with E-state index in [9.17, 15) is 4.79 Å². The molecule has 1 aromatic heterocycles. The molecule has 0 radical (unpaired) electrons. The summed E-state index contributed by atoms with van der Waals surface area (Å²) in [6.07, 6.45) is 1.56. The Bertz CT molecular complexity index is 359. The van der Waals surface area contributed by atoms with Crippen LogP contribution < -0.4 is 5.32 Å². The summed E-state index contributed by atoms with van der Waals surface area (Å²) in [7, 11) is 0. The number of furan rings is 1. The number of nitrogens with one attached hydrogen (secondary N) is 1. The van der Waals surface area contributed by atoms with Gasteiger partial charge in [0, 0.05) is 25.7 Å². The Hall–Kier alpha value is -1.29. The maximum Gasteiger partial charge on any atom is 0.257 e. The third kappa shape index (κ3) is 2.04. The molecule has 82 valence electrons. The molecule has 0 bridgehead atoms. The van der Waals surface area contributed by atoms with Gasteiger partial charge in [-0.25, -0.2) is 0 Å². The topological polar surface area (TPSA) is 45.5 Å². The van der Waals surface area contributed by atoms with Crippen LogP contribution in [0, 0.1) is 6.92 Å². The molecule has 1 aliphatic heterocycles. The number of amides is 1. The normalized spacial score (nSPS) is 21.7. The molecule has 0 saturated carbocycles. The van der Waals surface area contributed by atoms with Crippen molar-refractivity contribution < 1.29 is 9.21 Å². The maximum absolute atomic E-state index is 12.1. The largest absolute Gasteiger partial charge is 0.469 e. The van der Waals surface area contributed by atoms with E-state index in [1.807, 2.05) is 11.8 Å². The van der Waals surface area contributed by atoms with E-state index >= 15 is 0 Å². The van der Waals surface area contributed by atoms with Gasteiger partial charge < -0.3 is 14.6 Å². The van der Waals surface area contributed by atoms with Gasteiger partial charge in [-0.1, -0.05) is 0 Å². The lowest BCUT2D eigenvalue weighted by Gasteiger charge is -2.31. The zero-order valence-corrected chi connectivity index (χ0v) is 9.12. The van der Waals surface area contributed by atoms with Crippen LogP contribution in [0.3, 0.4) is 0 Å². The fourth-order valence-corrected chi connectivity index (χ4v) is 1.89. The lowest BCUT2D eigenvalue weighted by molar-refractivity contribution is 0.0707. The smallest absolute Gasteiger partial charge is 0.257 e. The summed E-state index contributed by atoms with van der Waals surface area (Å²) in [6.45, 7) is 6.31. The molecule has 2 heterocycles. The Morgan fingerprint density at radius 2 is 2.47 bits per heavy atom. The van der Waals surface area contributed by atoms with Crippen LogP contribution in [0.15, 0.2) is 16.7 Å². The molecule has 0 aromatic carbocycles. The first-order valence-corrected chi connectivity index (χ1v) is 5.25. The minimum atomic E-state index is 0.0783. The van der Waals surface area contributed by atoms with Gasteiger partial charge >= 0.3 is 0 Å². The molecule has 1 aromatic rings. The Balaban J connectivity index is 2.11. The highest BCUT2D eigenvalue weighted by Gasteiger charge is 2.23. The molecule has 1 saturated heterocycles. The minimum Gasteiger partial charge on any atom is -0.469 e. The molecule has 1 N–H and O–H groups in total. The highest BCUT2D eigenvalue weighted by molar-refractivity contribution is 5.95. The number of aryl methyl sites for hydroxylation is 1. The van der Waals surface area contributed by atoms with Gasteiger partial charge in [-0.05, 0) is 19.9 Å². The Kier molecular flexibility index (Phi) is 2.77. The van der Waals surface area contributed by atoms with Crippen LogP contribution in [0.4, 0.5) is 0 Å². The van der Waals surface area contributed by atoms with Gasteiger partial charge in [0.25, 0.3) is 5.91 Å². The van der Waals surface area contributed by atoms with Crippen LogP contribution in [-0.4, -0.2) is 36.5 Å². The number of carbonyl (C=O) groups is 1. The van der Waals surface area contributed by atoms with E-state index in [0.29, 0.717) is 17.4 Å². The van der Waals surface area contributed by atoms with E-state index in [4.69, 9.17) is 4.42 Å². The average molecular weight is 208 g/mol. The second-order valence-electron chi connectivity index (χ2n) is 4.00. The van der Waals surface area contributed by atoms with Gasteiger partial charge in [0.15, 0.2) is 0 Å². The van der Waals surface area contributed by atoms with Crippen molar-refractivity contribution in [1.82, 2.24) is 10.2 Å². The quantitative estimate of drug-likeness (QED) is 0.749. The van der Waals surface area contributed by atoms with E-state index in [1.54, 1.807) is 12.3 Å². The number of rotatable bonds is 1. The number of hydrogen-bond donors (Lipinski definition) is 1. The molecule has 4 heteroatoms. The predicted molar refractivity (Wildman–Crippen MR) is 56.8 cm³/mol. The lowest BCUT2D eigenvalue weighted by Crippen LogP contribution is -2.51. The molecule has 2 rings (SSSR count). The lowest BCUT2D eigenvalue weighted by atomic mass is 10.2. The van der Waals surface area contributed by atoms with Crippen LogP contribution in [0.2, 0.25) is 0 Å². The summed E-state index contributed by atoms with van der Waals surface area (Å²) in [5, 5.41) is 3.31. The number of nitrogens with zero attached hydrogens (tertiary/aromatic N) is 1. The highest BCUT2D eigenvalue weighted by atomic mass is 16.3. The van der Waals surface area contributed by atoms with E-state index < -0.39 is 0 Å². The van der Waals surface area contributed by atoms with Crippen molar-refractivity contribution in [1.29, 1.82) is 0 Å². The van der Waals surface area contributed by atoms with E-state index in [0.717, 1.165) is 19.6 Å². The summed E-state index contributed by atoms with van der Waals surface area (Å²) in [4.78, 5) is 13.9. The molecule has 1 fully saturated rings. The Morgan fingerprint density at radius 3 is 3.07 bits per heavy atom. The molecule has 4 nitrogen and oxygen atoms in total. The zero-order valence-electron chi connectivity index (χ0n) is 9.12. The second kappa shape index (κ2) is 4.06. The van der Waals surface area contributed by atoms with Crippen molar-refractivity contribution >= 4 is 5.91 Å². The fourth-order valence-electron chi connectivity index (χ4n) is 1.89. The number of piperazine rings is 1. The van der Waals surface area contributed by atoms with Gasteiger partial charge in [0.2, 0.25) is 0 Å². The van der Waals surface area contributed by atoms with Gasteiger partial charge in [0.1, 0.15) is 5.76 Å². The summed E-state index contributed by atoms with van der Waals surface area (Å²) in [6, 6.07) is 2.11. The van der Waals surface area contributed by atoms with Gasteiger partial charge in [-0.15, -0.1) is 0 Å². The number of carbonyl (C=O) groups excluding carboxylic acids is 1. The Morgan fingerprint density at radius 1 is 1.67 bits per heavy atom. The Labute approximate surface area is 89.2 Å². The van der Waals surface area contributed by atoms with E-state index in [2.05, 4.69) is 12.2 Å². The van der Waals surface area contributed by atoms with Gasteiger partial charge in [-0.2, -0.15) is 0 Å². The molecule has 1 amide bonds. The average Bonchev–Trinajstić information content (AvgIpc) is 2.63. The van der Waals surface area contributed by atoms with Crippen LogP contribution in [-0.2, 0) is 0 Å². The van der Waals surface area contributed by atoms with Crippen molar-refractivity contribution in [3.8, 4) is 0 Å². The van der Waals surface area contributed by atoms with Gasteiger partial charge in [-0.3, -0.25) is 4.79 Å². The SMILES string of the molecule is Cc1occc1C(=O)N1CCN[C@@H](C)C1. The first-order chi connectivity index (χ1) is 7.18. The summed E-state index contributed by atoms with van der Waals surface area (Å²) < 4.78 is 5.14. The first kappa shape index (κ1) is 10.2. The molecule has 15 heavy (non-hydrogen) atoms. The molecule has 1 atom stereocenters. The fraction of sp³-hybridized carbons (Fsp3) is 0.545. The molecule has 0 aliphatic carbocycles. The number of hydrogen-bond acceptors (Lipinski definition) is 3. The van der Waals surface area contributed by atoms with Crippen LogP contribution in [0.1, 0.15) is 23.0 Å². The molecule has 1 aliphatic rings. The third-order valence-corrected chi connectivity index (χ3v) is 2.75. The summed E-state index contributed by atoms with van der Waals surface area (Å²) >= 11 is 0. The second-order valence-corrected chi connectivity index (χ2v) is 4.00. The highest BCUT2D eigenvalue weighted by Crippen LogP contribution is 2.13. The first-order valence-electron chi connectivity index (χ1n) is 5.25. The molecular formula is C11H16N2O2. The van der Waals surface area contributed by atoms with Crippen molar-refractivity contribution in [3.05, 3.63) is 23.7 Å². The molecule has 0 unspecified atom stereocenters. The summed E-state index contributed by atoms with van der Waals surface area (Å²) in [5.74, 6) is 0.779. The minimum absolute atomic E-state index is 0.0783. The standard InChI is InChI=1S/C11H16N2O2/c1-8-7-13(5-4-12-8)11(14)10-3-6-15-9(10)2/h3,6,8,12H,4-5,7H2,1-2H3/t8-/m0/s1. The monoisotopic (exact) mass is 208 g/mol. The maximum atomic E-state index is 12.1. The van der Waals surface area contributed by atoms with Crippen molar-refractivity contribution in [3.63, 3.8) is 0 Å². The van der Waals surface area contributed by atoms with Crippen LogP contribution in [0.5, 0.6) is 0 Å². The van der Waals surface area contributed by atoms with Crippen LogP contribution in [0.25, 0.3) is 0 Å².